The molecular formula is C27H35N7O8. The molecule has 4 saturated heterocycles. The fraction of sp³-hybridized carbons (Fsp3) is 0.556. The van der Waals surface area contributed by atoms with Gasteiger partial charge in [0.2, 0.25) is 11.6 Å². The summed E-state index contributed by atoms with van der Waals surface area (Å²) < 4.78 is 5.42. The number of hydrogen-bond acceptors (Lipinski definition) is 12. The largest absolute Gasteiger partial charge is 0.477 e. The topological polar surface area (TPSA) is 184 Å². The highest BCUT2D eigenvalue weighted by atomic mass is 16.6. The van der Waals surface area contributed by atoms with Crippen LogP contribution in [0.2, 0.25) is 0 Å². The van der Waals surface area contributed by atoms with Gasteiger partial charge in [0.1, 0.15) is 23.2 Å². The molecule has 4 fully saturated rings. The Morgan fingerprint density at radius 3 is 1.90 bits per heavy atom. The van der Waals surface area contributed by atoms with Gasteiger partial charge in [-0.15, -0.1) is 10.2 Å². The summed E-state index contributed by atoms with van der Waals surface area (Å²) in [6.07, 6.45) is 2.05. The maximum Gasteiger partial charge on any atom is 0.450 e. The lowest BCUT2D eigenvalue weighted by atomic mass is 9.81. The van der Waals surface area contributed by atoms with Crippen LogP contribution < -0.4 is 10.7 Å². The summed E-state index contributed by atoms with van der Waals surface area (Å²) in [6.45, 7) is 13.4. The first-order valence-corrected chi connectivity index (χ1v) is 13.8. The molecule has 0 radical (unpaired) electrons. The molecule has 0 saturated carbocycles. The van der Waals surface area contributed by atoms with Gasteiger partial charge in [-0.2, -0.15) is 0 Å². The van der Waals surface area contributed by atoms with Gasteiger partial charge in [0.15, 0.2) is 5.71 Å². The third-order valence-corrected chi connectivity index (χ3v) is 7.25. The maximum atomic E-state index is 12.4. The summed E-state index contributed by atoms with van der Waals surface area (Å²) in [4.78, 5) is 64.9. The van der Waals surface area contributed by atoms with Crippen molar-refractivity contribution in [1.29, 1.82) is 0 Å². The number of allylic oxidation sites excluding steroid dienone is 1. The highest BCUT2D eigenvalue weighted by molar-refractivity contribution is 6.41. The molecule has 0 bridgehead atoms. The van der Waals surface area contributed by atoms with Crippen molar-refractivity contribution in [2.45, 2.75) is 57.7 Å². The van der Waals surface area contributed by atoms with Gasteiger partial charge >= 0.3 is 18.0 Å². The van der Waals surface area contributed by atoms with Gasteiger partial charge in [0.05, 0.1) is 5.70 Å². The summed E-state index contributed by atoms with van der Waals surface area (Å²) >= 11 is 0. The number of nitrogens with zero attached hydrogens (tertiary/aromatic N) is 5. The average Bonchev–Trinajstić information content (AvgIpc) is 3.73. The normalized spacial score (nSPS) is 24.0. The summed E-state index contributed by atoms with van der Waals surface area (Å²) in [5, 5.41) is 25.5. The van der Waals surface area contributed by atoms with Gasteiger partial charge in [0.25, 0.3) is 0 Å². The first-order chi connectivity index (χ1) is 19.6. The zero-order valence-electron chi connectivity index (χ0n) is 24.0. The number of aliphatic carboxylic acids is 2. The van der Waals surface area contributed by atoms with Crippen LogP contribution in [0.25, 0.3) is 0 Å². The van der Waals surface area contributed by atoms with E-state index in [0.717, 1.165) is 45.3 Å². The van der Waals surface area contributed by atoms with Crippen molar-refractivity contribution in [3.8, 4) is 0 Å². The standard InChI is InChI=1S/C15H22N4O6.C12H13N3O2/c1-14(2)6-8(7-15(3,4)18-14)25-13(24)19-16-9(11(20)21)5-10(17-19)12(22)23;16-9-7-8(13-1-2-13)12(17)11(15-5-6-15)10(9)14-3-4-14/h5,8,16,18H,6-7H2,1-4H3,(H,20,21)(H,22,23);7H,1-6H2. The number of carbonyl (C=O) groups excluding carboxylic acids is 3. The molecule has 0 aromatic rings. The van der Waals surface area contributed by atoms with E-state index in [1.54, 1.807) is 0 Å². The van der Waals surface area contributed by atoms with E-state index >= 15 is 0 Å². The fourth-order valence-corrected chi connectivity index (χ4v) is 5.53. The second-order valence-electron chi connectivity index (χ2n) is 12.3. The predicted molar refractivity (Wildman–Crippen MR) is 146 cm³/mol. The van der Waals surface area contributed by atoms with Gasteiger partial charge in [-0.25, -0.2) is 14.4 Å². The molecule has 5 aliphatic heterocycles. The van der Waals surface area contributed by atoms with E-state index in [9.17, 15) is 24.0 Å². The number of carboxylic acids is 2. The number of piperidine rings is 1. The zero-order valence-corrected chi connectivity index (χ0v) is 24.0. The molecule has 1 amide bonds. The Morgan fingerprint density at radius 2 is 1.40 bits per heavy atom. The zero-order chi connectivity index (χ0) is 30.6. The van der Waals surface area contributed by atoms with Crippen LogP contribution in [0, 0.1) is 0 Å². The molecule has 0 atom stereocenters. The van der Waals surface area contributed by atoms with Crippen LogP contribution in [0.15, 0.2) is 40.0 Å². The van der Waals surface area contributed by atoms with E-state index in [4.69, 9.17) is 14.9 Å². The quantitative estimate of drug-likeness (QED) is 0.238. The number of carbonyl (C=O) groups is 5. The van der Waals surface area contributed by atoms with Crippen LogP contribution in [0.1, 0.15) is 40.5 Å². The van der Waals surface area contributed by atoms with Gasteiger partial charge in [-0.05, 0) is 27.7 Å². The van der Waals surface area contributed by atoms with Gasteiger partial charge in [-0.3, -0.25) is 15.0 Å². The second-order valence-corrected chi connectivity index (χ2v) is 12.3. The number of hydrazone groups is 1. The third kappa shape index (κ3) is 6.56. The molecule has 42 heavy (non-hydrogen) atoms. The number of amides is 1. The van der Waals surface area contributed by atoms with E-state index in [-0.39, 0.29) is 22.6 Å². The molecule has 226 valence electrons. The minimum Gasteiger partial charge on any atom is -0.477 e. The first-order valence-electron chi connectivity index (χ1n) is 13.8. The summed E-state index contributed by atoms with van der Waals surface area (Å²) in [6, 6.07) is 0. The van der Waals surface area contributed by atoms with E-state index in [0.29, 0.717) is 35.1 Å². The van der Waals surface area contributed by atoms with Crippen LogP contribution >= 0.6 is 0 Å². The van der Waals surface area contributed by atoms with Gasteiger partial charge < -0.3 is 35.0 Å². The Hall–Kier alpha value is -4.40. The molecule has 0 aromatic carbocycles. The Balaban J connectivity index is 0.000000179. The molecule has 5 heterocycles. The van der Waals surface area contributed by atoms with Crippen molar-refractivity contribution in [2.24, 2.45) is 5.10 Å². The molecule has 6 aliphatic rings. The number of carboxylic acid groups (broad SMARTS) is 2. The van der Waals surface area contributed by atoms with E-state index in [1.807, 2.05) is 42.4 Å². The van der Waals surface area contributed by atoms with Crippen LogP contribution in [-0.2, 0) is 23.9 Å². The Kier molecular flexibility index (Phi) is 7.25. The van der Waals surface area contributed by atoms with Crippen molar-refractivity contribution >= 4 is 35.3 Å². The van der Waals surface area contributed by atoms with Crippen LogP contribution in [0.3, 0.4) is 0 Å². The van der Waals surface area contributed by atoms with Crippen LogP contribution in [0.4, 0.5) is 4.79 Å². The number of hydrogen-bond donors (Lipinski definition) is 4. The number of ether oxygens (including phenoxy) is 1. The minimum atomic E-state index is -1.46. The highest BCUT2D eigenvalue weighted by Crippen LogP contribution is 2.34. The molecule has 4 N–H and O–H groups in total. The maximum absolute atomic E-state index is 12.4. The number of ketones is 2. The predicted octanol–water partition coefficient (Wildman–Crippen LogP) is -0.158. The molecule has 6 rings (SSSR count). The second kappa shape index (κ2) is 10.5. The SMILES string of the molecule is CC1(C)CC(OC(=O)N2N=C(C(=O)O)C=C(C(=O)O)N2)CC(C)(C)N1.O=C1C=C(N2CC2)C(=O)C(N2CC2)=C1N1CC1. The Morgan fingerprint density at radius 1 is 0.857 bits per heavy atom. The molecule has 15 heteroatoms. The minimum absolute atomic E-state index is 0.00546. The smallest absolute Gasteiger partial charge is 0.450 e. The van der Waals surface area contributed by atoms with Crippen LogP contribution in [-0.4, -0.2) is 122 Å². The van der Waals surface area contributed by atoms with Crippen molar-refractivity contribution in [2.75, 3.05) is 39.3 Å². The summed E-state index contributed by atoms with van der Waals surface area (Å²) in [7, 11) is 0. The fourth-order valence-electron chi connectivity index (χ4n) is 5.53. The number of hydrazine groups is 1. The van der Waals surface area contributed by atoms with E-state index < -0.39 is 35.5 Å². The summed E-state index contributed by atoms with van der Waals surface area (Å²) in [5.41, 5.74) is 2.51. The van der Waals surface area contributed by atoms with Crippen molar-refractivity contribution in [1.82, 2.24) is 30.6 Å². The number of rotatable bonds is 6. The lowest BCUT2D eigenvalue weighted by Crippen LogP contribution is -2.60. The lowest BCUT2D eigenvalue weighted by Gasteiger charge is -2.46. The lowest BCUT2D eigenvalue weighted by molar-refractivity contribution is -0.133. The molecule has 0 unspecified atom stereocenters. The summed E-state index contributed by atoms with van der Waals surface area (Å²) in [5.74, 6) is -2.83. The van der Waals surface area contributed by atoms with Crippen molar-refractivity contribution in [3.05, 3.63) is 34.9 Å². The number of nitrogens with one attached hydrogen (secondary N) is 2. The third-order valence-electron chi connectivity index (χ3n) is 7.25. The Labute approximate surface area is 242 Å². The number of Topliss-reactive ketones (excluding diaryl/α,β-unsaturated/α-hetero) is 1. The van der Waals surface area contributed by atoms with Gasteiger partial charge in [0, 0.05) is 75.3 Å². The highest BCUT2D eigenvalue weighted by Gasteiger charge is 2.44. The average molecular weight is 586 g/mol. The van der Waals surface area contributed by atoms with Crippen LogP contribution in [0.5, 0.6) is 0 Å². The molecule has 15 nitrogen and oxygen atoms in total. The molecule has 0 aromatic heterocycles. The molecule has 0 spiro atoms. The first kappa shape index (κ1) is 29.1. The monoisotopic (exact) mass is 585 g/mol. The van der Waals surface area contributed by atoms with E-state index in [1.165, 1.54) is 6.08 Å². The van der Waals surface area contributed by atoms with E-state index in [2.05, 4.69) is 15.8 Å². The molecule has 1 aliphatic carbocycles. The van der Waals surface area contributed by atoms with Gasteiger partial charge in [-0.1, -0.05) is 0 Å². The Bertz CT molecular complexity index is 1350. The molecular weight excluding hydrogens is 550 g/mol. The van der Waals surface area contributed by atoms with Crippen molar-refractivity contribution < 1.29 is 38.9 Å². The van der Waals surface area contributed by atoms with Crippen molar-refractivity contribution in [3.63, 3.8) is 0 Å².